The summed E-state index contributed by atoms with van der Waals surface area (Å²) in [6.07, 6.45) is 3.28. The lowest BCUT2D eigenvalue weighted by Gasteiger charge is -2.26. The molecule has 1 aliphatic heterocycles. The van der Waals surface area contributed by atoms with Crippen LogP contribution in [-0.2, 0) is 11.2 Å². The first-order chi connectivity index (χ1) is 13.3. The van der Waals surface area contributed by atoms with Gasteiger partial charge in [0.1, 0.15) is 0 Å². The summed E-state index contributed by atoms with van der Waals surface area (Å²) in [6.45, 7) is 2.85. The van der Waals surface area contributed by atoms with Gasteiger partial charge >= 0.3 is 0 Å². The molecule has 0 spiro atoms. The van der Waals surface area contributed by atoms with Crippen molar-refractivity contribution in [1.29, 1.82) is 0 Å². The van der Waals surface area contributed by atoms with Gasteiger partial charge in [-0.1, -0.05) is 17.3 Å². The molecule has 6 nitrogen and oxygen atoms in total. The summed E-state index contributed by atoms with van der Waals surface area (Å²) in [4.78, 5) is 21.5. The first-order valence-electron chi connectivity index (χ1n) is 9.20. The number of aryl methyl sites for hydroxylation is 1. The quantitative estimate of drug-likeness (QED) is 0.621. The van der Waals surface area contributed by atoms with Crippen molar-refractivity contribution in [3.63, 3.8) is 0 Å². The van der Waals surface area contributed by atoms with Crippen molar-refractivity contribution in [2.24, 2.45) is 0 Å². The molecule has 3 aromatic rings. The van der Waals surface area contributed by atoms with Crippen LogP contribution in [0.2, 0.25) is 0 Å². The van der Waals surface area contributed by atoms with Gasteiger partial charge in [0.15, 0.2) is 0 Å². The minimum absolute atomic E-state index is 0.0200. The van der Waals surface area contributed by atoms with E-state index in [-0.39, 0.29) is 11.9 Å². The highest BCUT2D eigenvalue weighted by Crippen LogP contribution is 2.28. The highest BCUT2D eigenvalue weighted by molar-refractivity contribution is 7.13. The second-order valence-corrected chi connectivity index (χ2v) is 8.49. The highest BCUT2D eigenvalue weighted by Gasteiger charge is 2.24. The molecule has 1 aliphatic rings. The molecule has 0 aliphatic carbocycles. The molecule has 1 amide bonds. The maximum absolute atomic E-state index is 12.3. The number of nitrogens with one attached hydrogen (secondary N) is 1. The summed E-state index contributed by atoms with van der Waals surface area (Å²) < 4.78 is 5.26. The van der Waals surface area contributed by atoms with Crippen molar-refractivity contribution in [3.05, 3.63) is 45.8 Å². The summed E-state index contributed by atoms with van der Waals surface area (Å²) in [7, 11) is 0. The Kier molecular flexibility index (Phi) is 5.96. The number of nitrogens with zero attached hydrogens (tertiary/aromatic N) is 3. The van der Waals surface area contributed by atoms with Crippen LogP contribution in [0.4, 0.5) is 0 Å². The molecule has 27 heavy (non-hydrogen) atoms. The molecule has 4 rings (SSSR count). The van der Waals surface area contributed by atoms with Crippen LogP contribution in [0.25, 0.3) is 10.7 Å². The zero-order valence-electron chi connectivity index (χ0n) is 15.0. The first-order valence-corrected chi connectivity index (χ1v) is 11.0. The van der Waals surface area contributed by atoms with Gasteiger partial charge in [0.25, 0.3) is 0 Å². The van der Waals surface area contributed by atoms with E-state index in [0.29, 0.717) is 31.1 Å². The number of thiophene rings is 2. The van der Waals surface area contributed by atoms with Crippen molar-refractivity contribution in [2.45, 2.75) is 31.7 Å². The Labute approximate surface area is 166 Å². The van der Waals surface area contributed by atoms with Crippen molar-refractivity contribution < 1.29 is 9.32 Å². The summed E-state index contributed by atoms with van der Waals surface area (Å²) >= 11 is 3.32. The van der Waals surface area contributed by atoms with Crippen molar-refractivity contribution in [1.82, 2.24) is 20.4 Å². The van der Waals surface area contributed by atoms with Crippen LogP contribution in [0, 0.1) is 0 Å². The lowest BCUT2D eigenvalue weighted by atomic mass is 10.2. The van der Waals surface area contributed by atoms with Gasteiger partial charge < -0.3 is 9.84 Å². The van der Waals surface area contributed by atoms with Crippen LogP contribution in [0.1, 0.15) is 36.1 Å². The van der Waals surface area contributed by atoms with Crippen LogP contribution in [0.3, 0.4) is 0 Å². The molecule has 1 N–H and O–H groups in total. The van der Waals surface area contributed by atoms with Gasteiger partial charge in [0, 0.05) is 24.3 Å². The van der Waals surface area contributed by atoms with E-state index in [4.69, 9.17) is 4.52 Å². The topological polar surface area (TPSA) is 71.3 Å². The predicted molar refractivity (Wildman–Crippen MR) is 107 cm³/mol. The summed E-state index contributed by atoms with van der Waals surface area (Å²) in [5.74, 6) is 1.11. The fraction of sp³-hybridized carbons (Fsp3) is 0.421. The molecule has 0 radical (unpaired) electrons. The lowest BCUT2D eigenvalue weighted by molar-refractivity contribution is -0.121. The SMILES string of the molecule is O=C(CCc1nc(-c2cccs2)no1)NCC(c1cccs1)N1CCCC1. The molecule has 1 fully saturated rings. The second-order valence-electron chi connectivity index (χ2n) is 6.57. The van der Waals surface area contributed by atoms with Gasteiger partial charge in [-0.05, 0) is 48.8 Å². The van der Waals surface area contributed by atoms with Crippen molar-refractivity contribution in [3.8, 4) is 10.7 Å². The molecular formula is C19H22N4O2S2. The van der Waals surface area contributed by atoms with Crippen LogP contribution < -0.4 is 5.32 Å². The Morgan fingerprint density at radius 3 is 2.78 bits per heavy atom. The zero-order chi connectivity index (χ0) is 18.5. The molecule has 0 bridgehead atoms. The summed E-state index contributed by atoms with van der Waals surface area (Å²) in [5, 5.41) is 11.1. The molecule has 1 unspecified atom stereocenters. The number of aromatic nitrogens is 2. The van der Waals surface area contributed by atoms with Gasteiger partial charge in [0.2, 0.25) is 17.6 Å². The van der Waals surface area contributed by atoms with Crippen LogP contribution >= 0.6 is 22.7 Å². The van der Waals surface area contributed by atoms with Gasteiger partial charge in [-0.2, -0.15) is 4.98 Å². The molecule has 1 saturated heterocycles. The standard InChI is InChI=1S/C19H22N4O2S2/c24-17(7-8-18-21-19(22-25-18)16-6-4-12-27-16)20-13-14(15-5-3-11-26-15)23-9-1-2-10-23/h3-6,11-12,14H,1-2,7-10,13H2,(H,20,24). The molecule has 8 heteroatoms. The van der Waals surface area contributed by atoms with Crippen molar-refractivity contribution in [2.75, 3.05) is 19.6 Å². The number of hydrogen-bond donors (Lipinski definition) is 1. The number of carbonyl (C=O) groups is 1. The monoisotopic (exact) mass is 402 g/mol. The maximum atomic E-state index is 12.3. The highest BCUT2D eigenvalue weighted by atomic mass is 32.1. The minimum Gasteiger partial charge on any atom is -0.354 e. The van der Waals surface area contributed by atoms with Gasteiger partial charge in [0.05, 0.1) is 10.9 Å². The second kappa shape index (κ2) is 8.77. The van der Waals surface area contributed by atoms with Crippen LogP contribution in [-0.4, -0.2) is 40.6 Å². The Bertz CT molecular complexity index is 839. The van der Waals surface area contributed by atoms with E-state index in [1.54, 1.807) is 22.7 Å². The largest absolute Gasteiger partial charge is 0.354 e. The smallest absolute Gasteiger partial charge is 0.227 e. The fourth-order valence-corrected chi connectivity index (χ4v) is 4.84. The van der Waals surface area contributed by atoms with E-state index in [0.717, 1.165) is 18.0 Å². The number of carbonyl (C=O) groups excluding carboxylic acids is 1. The number of amides is 1. The molecule has 3 aromatic heterocycles. The molecule has 0 saturated carbocycles. The van der Waals surface area contributed by atoms with E-state index >= 15 is 0 Å². The third-order valence-electron chi connectivity index (χ3n) is 4.72. The lowest BCUT2D eigenvalue weighted by Crippen LogP contribution is -2.36. The van der Waals surface area contributed by atoms with E-state index in [2.05, 4.69) is 37.9 Å². The molecule has 142 valence electrons. The Hall–Kier alpha value is -2.03. The predicted octanol–water partition coefficient (Wildman–Crippen LogP) is 3.75. The Balaban J connectivity index is 1.28. The van der Waals surface area contributed by atoms with Crippen LogP contribution in [0.5, 0.6) is 0 Å². The fourth-order valence-electron chi connectivity index (χ4n) is 3.33. The Morgan fingerprint density at radius 2 is 2.04 bits per heavy atom. The zero-order valence-corrected chi connectivity index (χ0v) is 16.6. The van der Waals surface area contributed by atoms with E-state index in [9.17, 15) is 4.79 Å². The summed E-state index contributed by atoms with van der Waals surface area (Å²) in [6, 6.07) is 8.41. The van der Waals surface area contributed by atoms with Crippen LogP contribution in [0.15, 0.2) is 39.5 Å². The number of rotatable bonds is 8. The van der Waals surface area contributed by atoms with Gasteiger partial charge in [-0.3, -0.25) is 9.69 Å². The molecule has 4 heterocycles. The van der Waals surface area contributed by atoms with E-state index < -0.39 is 0 Å². The van der Waals surface area contributed by atoms with Gasteiger partial charge in [-0.15, -0.1) is 22.7 Å². The third-order valence-corrected chi connectivity index (χ3v) is 6.56. The van der Waals surface area contributed by atoms with Crippen molar-refractivity contribution >= 4 is 28.6 Å². The molecule has 0 aromatic carbocycles. The summed E-state index contributed by atoms with van der Waals surface area (Å²) in [5.41, 5.74) is 0. The molecule has 1 atom stereocenters. The van der Waals surface area contributed by atoms with E-state index in [1.165, 1.54) is 17.7 Å². The maximum Gasteiger partial charge on any atom is 0.227 e. The molecular weight excluding hydrogens is 380 g/mol. The Morgan fingerprint density at radius 1 is 1.22 bits per heavy atom. The minimum atomic E-state index is 0.0200. The average Bonchev–Trinajstić information content (AvgIpc) is 3.49. The number of likely N-dealkylation sites (tertiary alicyclic amines) is 1. The normalized spacial score (nSPS) is 15.9. The number of hydrogen-bond acceptors (Lipinski definition) is 7. The average molecular weight is 403 g/mol. The third kappa shape index (κ3) is 4.63. The first kappa shape index (κ1) is 18.3. The van der Waals surface area contributed by atoms with Gasteiger partial charge in [-0.25, -0.2) is 0 Å². The van der Waals surface area contributed by atoms with E-state index in [1.807, 2.05) is 17.5 Å².